The van der Waals surface area contributed by atoms with Gasteiger partial charge >= 0.3 is 5.97 Å². The SMILES string of the molecule is O=C(O)C1CCN(C(=O)CCOC2CCNCC2)CC1. The van der Waals surface area contributed by atoms with Crippen LogP contribution in [0, 0.1) is 5.92 Å². The molecular formula is C14H24N2O4. The summed E-state index contributed by atoms with van der Waals surface area (Å²) in [4.78, 5) is 24.6. The van der Waals surface area contributed by atoms with Gasteiger partial charge in [-0.1, -0.05) is 0 Å². The van der Waals surface area contributed by atoms with E-state index in [0.717, 1.165) is 25.9 Å². The van der Waals surface area contributed by atoms with E-state index in [4.69, 9.17) is 9.84 Å². The number of amides is 1. The molecule has 2 aliphatic rings. The average molecular weight is 284 g/mol. The Kier molecular flexibility index (Phi) is 5.79. The van der Waals surface area contributed by atoms with Gasteiger partial charge in [0.05, 0.1) is 25.0 Å². The van der Waals surface area contributed by atoms with Crippen molar-refractivity contribution in [3.05, 3.63) is 0 Å². The standard InChI is InChI=1S/C14H24N2O4/c17-13(5-10-20-12-1-6-15-7-2-12)16-8-3-11(4-9-16)14(18)19/h11-12,15H,1-10H2,(H,18,19). The summed E-state index contributed by atoms with van der Waals surface area (Å²) in [5.41, 5.74) is 0. The minimum absolute atomic E-state index is 0.0859. The molecule has 0 spiro atoms. The molecule has 0 aromatic rings. The highest BCUT2D eigenvalue weighted by Gasteiger charge is 2.26. The van der Waals surface area contributed by atoms with E-state index in [9.17, 15) is 9.59 Å². The van der Waals surface area contributed by atoms with Crippen LogP contribution in [-0.2, 0) is 14.3 Å². The predicted octanol–water partition coefficient (Wildman–Crippen LogP) is 0.468. The molecule has 0 saturated carbocycles. The van der Waals surface area contributed by atoms with Gasteiger partial charge in [0, 0.05) is 13.1 Å². The molecule has 2 heterocycles. The maximum atomic E-state index is 12.0. The molecule has 114 valence electrons. The van der Waals surface area contributed by atoms with E-state index in [1.807, 2.05) is 0 Å². The first kappa shape index (κ1) is 15.3. The molecule has 0 atom stereocenters. The van der Waals surface area contributed by atoms with Crippen LogP contribution >= 0.6 is 0 Å². The summed E-state index contributed by atoms with van der Waals surface area (Å²) < 4.78 is 5.72. The van der Waals surface area contributed by atoms with Crippen molar-refractivity contribution in [2.24, 2.45) is 5.92 Å². The summed E-state index contributed by atoms with van der Waals surface area (Å²) in [7, 11) is 0. The quantitative estimate of drug-likeness (QED) is 0.767. The van der Waals surface area contributed by atoms with Crippen molar-refractivity contribution in [2.45, 2.75) is 38.2 Å². The summed E-state index contributed by atoms with van der Waals surface area (Å²) in [5.74, 6) is -0.945. The summed E-state index contributed by atoms with van der Waals surface area (Å²) in [6, 6.07) is 0. The van der Waals surface area contributed by atoms with E-state index < -0.39 is 5.97 Å². The first-order valence-corrected chi connectivity index (χ1v) is 7.49. The largest absolute Gasteiger partial charge is 0.481 e. The van der Waals surface area contributed by atoms with Crippen LogP contribution in [-0.4, -0.2) is 60.8 Å². The molecule has 2 rings (SSSR count). The number of hydrogen-bond acceptors (Lipinski definition) is 4. The third kappa shape index (κ3) is 4.45. The monoisotopic (exact) mass is 284 g/mol. The maximum absolute atomic E-state index is 12.0. The Labute approximate surface area is 119 Å². The zero-order chi connectivity index (χ0) is 14.4. The Bertz CT molecular complexity index is 334. The molecule has 6 nitrogen and oxygen atoms in total. The fraction of sp³-hybridized carbons (Fsp3) is 0.857. The van der Waals surface area contributed by atoms with Gasteiger partial charge in [0.2, 0.25) is 5.91 Å². The molecule has 2 fully saturated rings. The number of hydrogen-bond donors (Lipinski definition) is 2. The van der Waals surface area contributed by atoms with Gasteiger partial charge in [0.1, 0.15) is 0 Å². The fourth-order valence-electron chi connectivity index (χ4n) is 2.81. The maximum Gasteiger partial charge on any atom is 0.306 e. The number of carboxylic acids is 1. The Hall–Kier alpha value is -1.14. The first-order chi connectivity index (χ1) is 9.66. The van der Waals surface area contributed by atoms with Crippen molar-refractivity contribution >= 4 is 11.9 Å². The number of nitrogens with one attached hydrogen (secondary N) is 1. The van der Waals surface area contributed by atoms with Crippen LogP contribution < -0.4 is 5.32 Å². The summed E-state index contributed by atoms with van der Waals surface area (Å²) >= 11 is 0. The molecule has 20 heavy (non-hydrogen) atoms. The minimum Gasteiger partial charge on any atom is -0.481 e. The van der Waals surface area contributed by atoms with Crippen molar-refractivity contribution in [1.29, 1.82) is 0 Å². The van der Waals surface area contributed by atoms with Gasteiger partial charge in [-0.15, -0.1) is 0 Å². The molecular weight excluding hydrogens is 260 g/mol. The normalized spacial score (nSPS) is 21.9. The molecule has 2 aliphatic heterocycles. The lowest BCUT2D eigenvalue weighted by molar-refractivity contribution is -0.146. The summed E-state index contributed by atoms with van der Waals surface area (Å²) in [6.45, 7) is 3.57. The third-order valence-corrected chi connectivity index (χ3v) is 4.15. The van der Waals surface area contributed by atoms with Crippen molar-refractivity contribution in [2.75, 3.05) is 32.8 Å². The van der Waals surface area contributed by atoms with Crippen LogP contribution in [0.1, 0.15) is 32.1 Å². The highest BCUT2D eigenvalue weighted by molar-refractivity contribution is 5.77. The van der Waals surface area contributed by atoms with E-state index in [2.05, 4.69) is 5.32 Å². The van der Waals surface area contributed by atoms with E-state index in [1.165, 1.54) is 0 Å². The predicted molar refractivity (Wildman–Crippen MR) is 73.4 cm³/mol. The number of rotatable bonds is 5. The second-order valence-electron chi connectivity index (χ2n) is 5.56. The van der Waals surface area contributed by atoms with Crippen LogP contribution in [0.3, 0.4) is 0 Å². The molecule has 6 heteroatoms. The first-order valence-electron chi connectivity index (χ1n) is 7.49. The Balaban J connectivity index is 1.61. The van der Waals surface area contributed by atoms with Crippen molar-refractivity contribution in [1.82, 2.24) is 10.2 Å². The number of aliphatic carboxylic acids is 1. The number of carbonyl (C=O) groups is 2. The van der Waals surface area contributed by atoms with E-state index >= 15 is 0 Å². The lowest BCUT2D eigenvalue weighted by Crippen LogP contribution is -2.40. The Morgan fingerprint density at radius 1 is 1.15 bits per heavy atom. The smallest absolute Gasteiger partial charge is 0.306 e. The molecule has 0 radical (unpaired) electrons. The van der Waals surface area contributed by atoms with Gasteiger partial charge < -0.3 is 20.1 Å². The second kappa shape index (κ2) is 7.59. The van der Waals surface area contributed by atoms with E-state index in [1.54, 1.807) is 4.90 Å². The summed E-state index contributed by atoms with van der Waals surface area (Å²) in [5, 5.41) is 12.2. The van der Waals surface area contributed by atoms with Crippen LogP contribution in [0.2, 0.25) is 0 Å². The van der Waals surface area contributed by atoms with Gasteiger partial charge in [0.15, 0.2) is 0 Å². The molecule has 2 N–H and O–H groups in total. The number of piperidine rings is 2. The van der Waals surface area contributed by atoms with Gasteiger partial charge in [-0.3, -0.25) is 9.59 Å². The van der Waals surface area contributed by atoms with Crippen LogP contribution in [0.25, 0.3) is 0 Å². The van der Waals surface area contributed by atoms with Crippen LogP contribution in [0.4, 0.5) is 0 Å². The molecule has 0 bridgehead atoms. The topological polar surface area (TPSA) is 78.9 Å². The number of carboxylic acid groups (broad SMARTS) is 1. The second-order valence-corrected chi connectivity index (χ2v) is 5.56. The lowest BCUT2D eigenvalue weighted by atomic mass is 9.97. The van der Waals surface area contributed by atoms with Crippen LogP contribution in [0.5, 0.6) is 0 Å². The zero-order valence-electron chi connectivity index (χ0n) is 11.8. The van der Waals surface area contributed by atoms with Gasteiger partial charge in [-0.25, -0.2) is 0 Å². The molecule has 2 saturated heterocycles. The fourth-order valence-corrected chi connectivity index (χ4v) is 2.81. The minimum atomic E-state index is -0.744. The number of likely N-dealkylation sites (tertiary alicyclic amines) is 1. The highest BCUT2D eigenvalue weighted by Crippen LogP contribution is 2.18. The van der Waals surface area contributed by atoms with Crippen molar-refractivity contribution < 1.29 is 19.4 Å². The molecule has 0 aromatic carbocycles. The van der Waals surface area contributed by atoms with Gasteiger partial charge in [-0.05, 0) is 38.8 Å². The Morgan fingerprint density at radius 2 is 1.80 bits per heavy atom. The van der Waals surface area contributed by atoms with E-state index in [0.29, 0.717) is 39.0 Å². The number of ether oxygens (including phenoxy) is 1. The van der Waals surface area contributed by atoms with Crippen molar-refractivity contribution in [3.63, 3.8) is 0 Å². The van der Waals surface area contributed by atoms with Crippen molar-refractivity contribution in [3.8, 4) is 0 Å². The highest BCUT2D eigenvalue weighted by atomic mass is 16.5. The van der Waals surface area contributed by atoms with Crippen LogP contribution in [0.15, 0.2) is 0 Å². The zero-order valence-corrected chi connectivity index (χ0v) is 11.8. The lowest BCUT2D eigenvalue weighted by Gasteiger charge is -2.30. The third-order valence-electron chi connectivity index (χ3n) is 4.15. The molecule has 0 aromatic heterocycles. The molecule has 0 unspecified atom stereocenters. The van der Waals surface area contributed by atoms with E-state index in [-0.39, 0.29) is 17.9 Å². The summed E-state index contributed by atoms with van der Waals surface area (Å²) in [6.07, 6.45) is 3.84. The van der Waals surface area contributed by atoms with Gasteiger partial charge in [-0.2, -0.15) is 0 Å². The number of nitrogens with zero attached hydrogens (tertiary/aromatic N) is 1. The van der Waals surface area contributed by atoms with Gasteiger partial charge in [0.25, 0.3) is 0 Å². The molecule has 0 aliphatic carbocycles. The molecule has 1 amide bonds. The average Bonchev–Trinajstić information content (AvgIpc) is 2.48. The number of carbonyl (C=O) groups excluding carboxylic acids is 1. The Morgan fingerprint density at radius 3 is 2.40 bits per heavy atom.